The second kappa shape index (κ2) is 9.15. The Morgan fingerprint density at radius 3 is 2.28 bits per heavy atom. The first kappa shape index (κ1) is 16.1. The molecule has 100 valence electrons. The van der Waals surface area contributed by atoms with Crippen LogP contribution in [0.2, 0.25) is 0 Å². The number of phenolic OH excluding ortho intramolecular Hbond substituents is 1. The average Bonchev–Trinajstić information content (AvgIpc) is 2.37. The fourth-order valence-corrected chi connectivity index (χ4v) is 1.01. The van der Waals surface area contributed by atoms with Gasteiger partial charge in [-0.15, -0.1) is 0 Å². The van der Waals surface area contributed by atoms with Gasteiger partial charge in [0, 0.05) is 5.56 Å². The minimum atomic E-state index is -0.955. The minimum Gasteiger partial charge on any atom is -0.508 e. The molecular formula is C12H18N2O4. The first-order chi connectivity index (χ1) is 8.51. The molecule has 0 radical (unpaired) electrons. The molecule has 0 aromatic heterocycles. The number of aldehydes is 1. The number of nitrogens with two attached hydrogens (primary N) is 2. The summed E-state index contributed by atoms with van der Waals surface area (Å²) in [5, 5.41) is 17.0. The minimum absolute atomic E-state index is 0.181. The zero-order valence-corrected chi connectivity index (χ0v) is 9.95. The standard InChI is InChI=1S/C7H6O2.C5H12N2O2/c8-5-6-1-3-7(9)4-2-6;6-3-1-2-4(7)5(8)9/h1-5,9H;4H,1-3,6-7H2,(H,8,9)/t;4-/m.0/s1. The number of aliphatic carboxylic acids is 1. The molecule has 1 atom stereocenters. The van der Waals surface area contributed by atoms with Gasteiger partial charge in [-0.3, -0.25) is 9.59 Å². The number of phenols is 1. The van der Waals surface area contributed by atoms with E-state index in [1.807, 2.05) is 0 Å². The number of carbonyl (C=O) groups excluding carboxylic acids is 1. The summed E-state index contributed by atoms with van der Waals surface area (Å²) in [6.45, 7) is 0.501. The predicted molar refractivity (Wildman–Crippen MR) is 67.4 cm³/mol. The zero-order valence-electron chi connectivity index (χ0n) is 9.95. The first-order valence-electron chi connectivity index (χ1n) is 5.44. The highest BCUT2D eigenvalue weighted by molar-refractivity contribution is 5.74. The summed E-state index contributed by atoms with van der Waals surface area (Å²) in [6, 6.07) is 5.33. The Hall–Kier alpha value is -1.92. The van der Waals surface area contributed by atoms with Crippen LogP contribution in [0.3, 0.4) is 0 Å². The highest BCUT2D eigenvalue weighted by Crippen LogP contribution is 2.07. The van der Waals surface area contributed by atoms with Crippen LogP contribution in [0.1, 0.15) is 23.2 Å². The van der Waals surface area contributed by atoms with Gasteiger partial charge in [0.05, 0.1) is 0 Å². The maximum atomic E-state index is 10.0. The van der Waals surface area contributed by atoms with E-state index in [9.17, 15) is 9.59 Å². The number of aromatic hydroxyl groups is 1. The summed E-state index contributed by atoms with van der Waals surface area (Å²) < 4.78 is 0. The highest BCUT2D eigenvalue weighted by Gasteiger charge is 2.08. The molecule has 0 unspecified atom stereocenters. The van der Waals surface area contributed by atoms with Crippen molar-refractivity contribution < 1.29 is 19.8 Å². The van der Waals surface area contributed by atoms with Crippen molar-refractivity contribution in [2.24, 2.45) is 11.5 Å². The third kappa shape index (κ3) is 7.37. The molecule has 0 aliphatic heterocycles. The number of hydrogen-bond acceptors (Lipinski definition) is 5. The number of carbonyl (C=O) groups is 2. The number of carboxylic acid groups (broad SMARTS) is 1. The largest absolute Gasteiger partial charge is 0.508 e. The monoisotopic (exact) mass is 254 g/mol. The Labute approximate surface area is 105 Å². The van der Waals surface area contributed by atoms with Crippen LogP contribution in [0.5, 0.6) is 5.75 Å². The predicted octanol–water partition coefficient (Wildman–Crippen LogP) is 0.342. The van der Waals surface area contributed by atoms with Gasteiger partial charge in [-0.2, -0.15) is 0 Å². The Balaban J connectivity index is 0.000000321. The third-order valence-electron chi connectivity index (χ3n) is 2.07. The number of benzene rings is 1. The second-order valence-electron chi connectivity index (χ2n) is 3.59. The van der Waals surface area contributed by atoms with Crippen molar-refractivity contribution in [3.63, 3.8) is 0 Å². The lowest BCUT2D eigenvalue weighted by Gasteiger charge is -2.02. The topological polar surface area (TPSA) is 127 Å². The average molecular weight is 254 g/mol. The maximum absolute atomic E-state index is 10.0. The van der Waals surface area contributed by atoms with Gasteiger partial charge in [0.1, 0.15) is 18.1 Å². The Bertz CT molecular complexity index is 365. The summed E-state index contributed by atoms with van der Waals surface area (Å²) in [5.74, 6) is -0.774. The van der Waals surface area contributed by atoms with E-state index in [1.165, 1.54) is 12.1 Å². The SMILES string of the molecule is NCCC[C@H](N)C(=O)O.O=Cc1ccc(O)cc1. The lowest BCUT2D eigenvalue weighted by molar-refractivity contribution is -0.138. The van der Waals surface area contributed by atoms with E-state index in [0.29, 0.717) is 24.9 Å². The molecule has 0 fully saturated rings. The molecule has 0 aliphatic carbocycles. The van der Waals surface area contributed by atoms with Gasteiger partial charge >= 0.3 is 5.97 Å². The molecule has 0 aliphatic rings. The van der Waals surface area contributed by atoms with Gasteiger partial charge in [0.15, 0.2) is 0 Å². The lowest BCUT2D eigenvalue weighted by Crippen LogP contribution is -2.30. The van der Waals surface area contributed by atoms with Gasteiger partial charge < -0.3 is 21.7 Å². The van der Waals surface area contributed by atoms with E-state index in [-0.39, 0.29) is 5.75 Å². The maximum Gasteiger partial charge on any atom is 0.320 e. The molecule has 0 saturated heterocycles. The smallest absolute Gasteiger partial charge is 0.320 e. The van der Waals surface area contributed by atoms with Gasteiger partial charge in [-0.05, 0) is 43.7 Å². The quantitative estimate of drug-likeness (QED) is 0.561. The van der Waals surface area contributed by atoms with Crippen LogP contribution in [0.15, 0.2) is 24.3 Å². The van der Waals surface area contributed by atoms with E-state index in [4.69, 9.17) is 21.7 Å². The van der Waals surface area contributed by atoms with Gasteiger partial charge in [0.2, 0.25) is 0 Å². The molecule has 1 aromatic carbocycles. The van der Waals surface area contributed by atoms with Gasteiger partial charge in [0.25, 0.3) is 0 Å². The van der Waals surface area contributed by atoms with Crippen molar-refractivity contribution in [3.05, 3.63) is 29.8 Å². The molecule has 1 rings (SSSR count). The van der Waals surface area contributed by atoms with E-state index in [1.54, 1.807) is 12.1 Å². The van der Waals surface area contributed by atoms with Crippen LogP contribution < -0.4 is 11.5 Å². The van der Waals surface area contributed by atoms with E-state index in [0.717, 1.165) is 6.29 Å². The van der Waals surface area contributed by atoms with Crippen LogP contribution in [-0.2, 0) is 4.79 Å². The normalized spacial score (nSPS) is 11.0. The van der Waals surface area contributed by atoms with Crippen LogP contribution in [0.25, 0.3) is 0 Å². The Morgan fingerprint density at radius 1 is 1.33 bits per heavy atom. The molecule has 6 heteroatoms. The molecule has 0 saturated carbocycles. The van der Waals surface area contributed by atoms with E-state index >= 15 is 0 Å². The summed E-state index contributed by atoms with van der Waals surface area (Å²) in [6.07, 6.45) is 1.87. The highest BCUT2D eigenvalue weighted by atomic mass is 16.4. The molecular weight excluding hydrogens is 236 g/mol. The fraction of sp³-hybridized carbons (Fsp3) is 0.333. The molecule has 0 heterocycles. The van der Waals surface area contributed by atoms with E-state index in [2.05, 4.69) is 0 Å². The molecule has 0 bridgehead atoms. The Morgan fingerprint density at radius 2 is 1.89 bits per heavy atom. The summed E-state index contributed by atoms with van der Waals surface area (Å²) in [5.41, 5.74) is 10.9. The van der Waals surface area contributed by atoms with Crippen molar-refractivity contribution in [1.82, 2.24) is 0 Å². The second-order valence-corrected chi connectivity index (χ2v) is 3.59. The lowest BCUT2D eigenvalue weighted by atomic mass is 10.2. The van der Waals surface area contributed by atoms with E-state index < -0.39 is 12.0 Å². The molecule has 0 spiro atoms. The molecule has 18 heavy (non-hydrogen) atoms. The molecule has 6 nitrogen and oxygen atoms in total. The third-order valence-corrected chi connectivity index (χ3v) is 2.07. The fourth-order valence-electron chi connectivity index (χ4n) is 1.01. The van der Waals surface area contributed by atoms with Crippen LogP contribution in [0.4, 0.5) is 0 Å². The number of hydrogen-bond donors (Lipinski definition) is 4. The van der Waals surface area contributed by atoms with Crippen molar-refractivity contribution >= 4 is 12.3 Å². The molecule has 1 aromatic rings. The van der Waals surface area contributed by atoms with Gasteiger partial charge in [-0.25, -0.2) is 0 Å². The first-order valence-corrected chi connectivity index (χ1v) is 5.44. The molecule has 0 amide bonds. The molecule has 6 N–H and O–H groups in total. The van der Waals surface area contributed by atoms with Crippen LogP contribution in [0, 0.1) is 0 Å². The van der Waals surface area contributed by atoms with Gasteiger partial charge in [-0.1, -0.05) is 0 Å². The van der Waals surface area contributed by atoms with Crippen molar-refractivity contribution in [1.29, 1.82) is 0 Å². The van der Waals surface area contributed by atoms with Crippen LogP contribution in [-0.4, -0.2) is 35.1 Å². The number of rotatable bonds is 5. The van der Waals surface area contributed by atoms with Crippen molar-refractivity contribution in [2.45, 2.75) is 18.9 Å². The summed E-state index contributed by atoms with van der Waals surface area (Å²) in [4.78, 5) is 20.1. The van der Waals surface area contributed by atoms with Crippen LogP contribution >= 0.6 is 0 Å². The summed E-state index contributed by atoms with van der Waals surface area (Å²) >= 11 is 0. The van der Waals surface area contributed by atoms with Crippen molar-refractivity contribution in [3.8, 4) is 5.75 Å². The zero-order chi connectivity index (χ0) is 14.0. The number of carboxylic acids is 1. The summed E-state index contributed by atoms with van der Waals surface area (Å²) in [7, 11) is 0. The van der Waals surface area contributed by atoms with Crippen molar-refractivity contribution in [2.75, 3.05) is 6.54 Å². The Kier molecular flexibility index (Phi) is 8.17.